The molecule has 3 amide bonds. The number of anilines is 2. The Balaban J connectivity index is 1.63. The zero-order valence-corrected chi connectivity index (χ0v) is 18.3. The summed E-state index contributed by atoms with van der Waals surface area (Å²) in [6.45, 7) is 1.95. The number of nitrogens with one attached hydrogen (secondary N) is 1. The number of aliphatic carboxylic acids is 1. The summed E-state index contributed by atoms with van der Waals surface area (Å²) in [5.74, 6) is -2.98. The van der Waals surface area contributed by atoms with Gasteiger partial charge < -0.3 is 15.2 Å². The van der Waals surface area contributed by atoms with E-state index in [-0.39, 0.29) is 24.8 Å². The Morgan fingerprint density at radius 3 is 2.36 bits per heavy atom. The predicted octanol–water partition coefficient (Wildman–Crippen LogP) is 2.87. The van der Waals surface area contributed by atoms with Gasteiger partial charge in [-0.2, -0.15) is 0 Å². The number of hydrogen-bond acceptors (Lipinski definition) is 7. The first-order chi connectivity index (χ1) is 15.8. The Kier molecular flexibility index (Phi) is 7.62. The number of thioether (sulfide) groups is 1. The van der Waals surface area contributed by atoms with Gasteiger partial charge >= 0.3 is 11.9 Å². The number of carboxylic acids is 1. The van der Waals surface area contributed by atoms with Crippen molar-refractivity contribution in [1.82, 2.24) is 0 Å². The van der Waals surface area contributed by atoms with Crippen molar-refractivity contribution in [1.29, 1.82) is 0 Å². The summed E-state index contributed by atoms with van der Waals surface area (Å²) in [6.07, 6.45) is 1.67. The van der Waals surface area contributed by atoms with E-state index in [0.29, 0.717) is 16.9 Å². The molecule has 0 spiro atoms. The number of hydrogen-bond donors (Lipinski definition) is 2. The normalized spacial score (nSPS) is 15.7. The van der Waals surface area contributed by atoms with Crippen LogP contribution in [-0.2, 0) is 23.9 Å². The zero-order valence-electron chi connectivity index (χ0n) is 17.5. The summed E-state index contributed by atoms with van der Waals surface area (Å²) in [5, 5.41) is 10.5. The number of benzene rings is 2. The van der Waals surface area contributed by atoms with Gasteiger partial charge in [-0.05, 0) is 55.5 Å². The van der Waals surface area contributed by atoms with Crippen LogP contribution in [0.2, 0.25) is 0 Å². The van der Waals surface area contributed by atoms with Crippen molar-refractivity contribution < 1.29 is 33.8 Å². The van der Waals surface area contributed by atoms with Crippen LogP contribution in [0.4, 0.5) is 11.4 Å². The average Bonchev–Trinajstić information content (AvgIpc) is 3.06. The number of carbonyl (C=O) groups is 5. The van der Waals surface area contributed by atoms with Crippen LogP contribution in [0.5, 0.6) is 0 Å². The largest absolute Gasteiger partial charge is 0.478 e. The van der Waals surface area contributed by atoms with Crippen molar-refractivity contribution >= 4 is 52.8 Å². The van der Waals surface area contributed by atoms with Crippen molar-refractivity contribution in [2.24, 2.45) is 0 Å². The summed E-state index contributed by atoms with van der Waals surface area (Å²) >= 11 is 1.23. The minimum atomic E-state index is -1.23. The van der Waals surface area contributed by atoms with Crippen molar-refractivity contribution in [3.63, 3.8) is 0 Å². The second-order valence-electron chi connectivity index (χ2n) is 6.83. The molecule has 33 heavy (non-hydrogen) atoms. The molecule has 1 atom stereocenters. The Morgan fingerprint density at radius 2 is 1.76 bits per heavy atom. The highest BCUT2D eigenvalue weighted by molar-refractivity contribution is 8.00. The van der Waals surface area contributed by atoms with E-state index in [1.54, 1.807) is 31.2 Å². The third kappa shape index (κ3) is 6.07. The van der Waals surface area contributed by atoms with Gasteiger partial charge in [0, 0.05) is 29.2 Å². The van der Waals surface area contributed by atoms with E-state index in [2.05, 4.69) is 5.32 Å². The van der Waals surface area contributed by atoms with Gasteiger partial charge in [-0.3, -0.25) is 14.4 Å². The van der Waals surface area contributed by atoms with Crippen LogP contribution in [0, 0.1) is 0 Å². The third-order valence-corrected chi connectivity index (χ3v) is 5.72. The predicted molar refractivity (Wildman–Crippen MR) is 121 cm³/mol. The molecule has 0 saturated carbocycles. The van der Waals surface area contributed by atoms with E-state index in [0.717, 1.165) is 21.9 Å². The molecule has 0 unspecified atom stereocenters. The fourth-order valence-electron chi connectivity index (χ4n) is 3.04. The van der Waals surface area contributed by atoms with E-state index in [1.165, 1.54) is 36.0 Å². The van der Waals surface area contributed by atoms with Crippen molar-refractivity contribution in [3.05, 3.63) is 66.2 Å². The number of carbonyl (C=O) groups excluding carboxylic acids is 4. The Labute approximate surface area is 193 Å². The van der Waals surface area contributed by atoms with Gasteiger partial charge in [0.15, 0.2) is 0 Å². The Bertz CT molecular complexity index is 1110. The Morgan fingerprint density at radius 1 is 1.09 bits per heavy atom. The summed E-state index contributed by atoms with van der Waals surface area (Å²) in [5.41, 5.74) is 1.17. The smallest absolute Gasteiger partial charge is 0.338 e. The maximum absolute atomic E-state index is 12.9. The molecule has 9 nitrogen and oxygen atoms in total. The third-order valence-electron chi connectivity index (χ3n) is 4.52. The molecule has 2 aromatic rings. The van der Waals surface area contributed by atoms with Crippen molar-refractivity contribution in [2.75, 3.05) is 16.8 Å². The number of rotatable bonds is 8. The fraction of sp³-hybridized carbons (Fsp3) is 0.174. The SMILES string of the molecule is CCOC(=O)c1ccc(N2C(=O)C[C@@H](Sc3ccc(NC(=O)/C=C/C(=O)O)cc3)C2=O)cc1. The monoisotopic (exact) mass is 468 g/mol. The molecule has 0 bridgehead atoms. The van der Waals surface area contributed by atoms with E-state index in [4.69, 9.17) is 9.84 Å². The second kappa shape index (κ2) is 10.6. The molecule has 1 saturated heterocycles. The van der Waals surface area contributed by atoms with Crippen LogP contribution in [0.15, 0.2) is 65.6 Å². The first-order valence-electron chi connectivity index (χ1n) is 9.91. The van der Waals surface area contributed by atoms with Gasteiger partial charge in [0.1, 0.15) is 0 Å². The molecule has 10 heteroatoms. The van der Waals surface area contributed by atoms with Crippen LogP contribution < -0.4 is 10.2 Å². The highest BCUT2D eigenvalue weighted by Gasteiger charge is 2.40. The van der Waals surface area contributed by atoms with Crippen LogP contribution in [-0.4, -0.2) is 46.6 Å². The lowest BCUT2D eigenvalue weighted by Crippen LogP contribution is -2.31. The number of carboxylic acid groups (broad SMARTS) is 1. The fourth-order valence-corrected chi connectivity index (χ4v) is 4.09. The summed E-state index contributed by atoms with van der Waals surface area (Å²) in [7, 11) is 0. The van der Waals surface area contributed by atoms with Crippen LogP contribution >= 0.6 is 11.8 Å². The van der Waals surface area contributed by atoms with Gasteiger partial charge in [-0.15, -0.1) is 11.8 Å². The lowest BCUT2D eigenvalue weighted by atomic mass is 10.2. The van der Waals surface area contributed by atoms with E-state index in [9.17, 15) is 24.0 Å². The molecule has 3 rings (SSSR count). The van der Waals surface area contributed by atoms with E-state index >= 15 is 0 Å². The number of nitrogens with zero attached hydrogens (tertiary/aromatic N) is 1. The molecule has 1 fully saturated rings. The topological polar surface area (TPSA) is 130 Å². The summed E-state index contributed by atoms with van der Waals surface area (Å²) < 4.78 is 4.93. The van der Waals surface area contributed by atoms with Gasteiger partial charge in [0.05, 0.1) is 23.1 Å². The minimum Gasteiger partial charge on any atom is -0.478 e. The van der Waals surface area contributed by atoms with Crippen LogP contribution in [0.25, 0.3) is 0 Å². The lowest BCUT2D eigenvalue weighted by molar-refractivity contribution is -0.131. The second-order valence-corrected chi connectivity index (χ2v) is 8.11. The molecule has 1 aliphatic heterocycles. The molecule has 0 aromatic heterocycles. The average molecular weight is 468 g/mol. The van der Waals surface area contributed by atoms with Gasteiger partial charge in [-0.1, -0.05) is 0 Å². The summed E-state index contributed by atoms with van der Waals surface area (Å²) in [6, 6.07) is 12.7. The molecule has 0 aliphatic carbocycles. The maximum Gasteiger partial charge on any atom is 0.338 e. The molecular formula is C23H20N2O7S. The molecule has 2 N–H and O–H groups in total. The number of amides is 3. The molecular weight excluding hydrogens is 448 g/mol. The van der Waals surface area contributed by atoms with Gasteiger partial charge in [0.25, 0.3) is 0 Å². The zero-order chi connectivity index (χ0) is 24.0. The highest BCUT2D eigenvalue weighted by Crippen LogP contribution is 2.34. The molecule has 170 valence electrons. The number of ether oxygens (including phenoxy) is 1. The van der Waals surface area contributed by atoms with Crippen molar-refractivity contribution in [2.45, 2.75) is 23.5 Å². The van der Waals surface area contributed by atoms with Gasteiger partial charge in [0.2, 0.25) is 17.7 Å². The molecule has 2 aromatic carbocycles. The molecule has 1 aliphatic rings. The Hall–Kier alpha value is -3.92. The number of imide groups is 1. The molecule has 0 radical (unpaired) electrons. The quantitative estimate of drug-likeness (QED) is 0.344. The summed E-state index contributed by atoms with van der Waals surface area (Å²) in [4.78, 5) is 61.1. The van der Waals surface area contributed by atoms with E-state index in [1.807, 2.05) is 0 Å². The van der Waals surface area contributed by atoms with Gasteiger partial charge in [-0.25, -0.2) is 14.5 Å². The first-order valence-corrected chi connectivity index (χ1v) is 10.8. The van der Waals surface area contributed by atoms with E-state index < -0.39 is 23.1 Å². The van der Waals surface area contributed by atoms with Crippen LogP contribution in [0.3, 0.4) is 0 Å². The first kappa shape index (κ1) is 23.7. The lowest BCUT2D eigenvalue weighted by Gasteiger charge is -2.15. The van der Waals surface area contributed by atoms with Crippen LogP contribution in [0.1, 0.15) is 23.7 Å². The standard InChI is InChI=1S/C23H20N2O7S/c1-2-32-23(31)14-3-7-16(8-4-14)25-20(27)13-18(22(25)30)33-17-9-5-15(6-10-17)24-19(26)11-12-21(28)29/h3-12,18H,2,13H2,1H3,(H,24,26)(H,28,29)/b12-11+/t18-/m1/s1. The molecule has 1 heterocycles. The number of esters is 1. The van der Waals surface area contributed by atoms with Crippen molar-refractivity contribution in [3.8, 4) is 0 Å². The highest BCUT2D eigenvalue weighted by atomic mass is 32.2. The minimum absolute atomic E-state index is 0.0294. The maximum atomic E-state index is 12.9.